The van der Waals surface area contributed by atoms with Gasteiger partial charge >= 0.3 is 0 Å². The lowest BCUT2D eigenvalue weighted by atomic mass is 10.1. The molecule has 0 bridgehead atoms. The molecule has 1 amide bonds. The molecular weight excluding hydrogens is 360 g/mol. The second-order valence-electron chi connectivity index (χ2n) is 5.46. The molecule has 0 aliphatic carbocycles. The fraction of sp³-hybridized carbons (Fsp3) is 0.278. The van der Waals surface area contributed by atoms with Gasteiger partial charge in [0.05, 0.1) is 30.7 Å². The summed E-state index contributed by atoms with van der Waals surface area (Å²) in [5.41, 5.74) is 0.321. The van der Waals surface area contributed by atoms with Gasteiger partial charge in [-0.25, -0.2) is 0 Å². The molecule has 1 unspecified atom stereocenters. The number of nitro benzene ring substituents is 1. The van der Waals surface area contributed by atoms with E-state index in [1.165, 1.54) is 19.2 Å². The van der Waals surface area contributed by atoms with Crippen molar-refractivity contribution in [3.05, 3.63) is 62.7 Å². The number of hydrogen-bond acceptors (Lipinski definition) is 5. The Bertz CT molecular complexity index is 825. The normalized spacial score (nSPS) is 11.5. The van der Waals surface area contributed by atoms with Crippen LogP contribution in [0.2, 0.25) is 5.02 Å². The molecule has 1 N–H and O–H groups in total. The first-order valence-electron chi connectivity index (χ1n) is 7.92. The minimum atomic E-state index is -0.628. The summed E-state index contributed by atoms with van der Waals surface area (Å²) in [5.74, 6) is -0.132. The number of carbonyl (C=O) groups excluding carboxylic acids is 1. The quantitative estimate of drug-likeness (QED) is 0.577. The van der Waals surface area contributed by atoms with Gasteiger partial charge in [0, 0.05) is 11.1 Å². The van der Waals surface area contributed by atoms with Crippen LogP contribution in [0.1, 0.15) is 35.8 Å². The van der Waals surface area contributed by atoms with E-state index >= 15 is 0 Å². The standard InChI is InChI=1S/C18H19ClN2O5/c1-4-26-17-9-14(15(21(23)24)10-16(17)25-3)18(22)20-11(2)12-6-5-7-13(19)8-12/h5-11H,4H2,1-3H3,(H,20,22). The van der Waals surface area contributed by atoms with E-state index in [0.29, 0.717) is 11.6 Å². The van der Waals surface area contributed by atoms with E-state index in [4.69, 9.17) is 21.1 Å². The van der Waals surface area contributed by atoms with Crippen LogP contribution >= 0.6 is 11.6 Å². The van der Waals surface area contributed by atoms with Crippen molar-refractivity contribution in [3.8, 4) is 11.5 Å². The summed E-state index contributed by atoms with van der Waals surface area (Å²) >= 11 is 5.97. The third kappa shape index (κ3) is 4.43. The third-order valence-corrected chi connectivity index (χ3v) is 3.95. The van der Waals surface area contributed by atoms with Crippen molar-refractivity contribution in [2.75, 3.05) is 13.7 Å². The summed E-state index contributed by atoms with van der Waals surface area (Å²) in [6, 6.07) is 9.14. The highest BCUT2D eigenvalue weighted by atomic mass is 35.5. The largest absolute Gasteiger partial charge is 0.493 e. The van der Waals surface area contributed by atoms with Crippen molar-refractivity contribution in [2.45, 2.75) is 19.9 Å². The molecule has 7 nitrogen and oxygen atoms in total. The number of hydrogen-bond donors (Lipinski definition) is 1. The predicted molar refractivity (Wildman–Crippen MR) is 98.2 cm³/mol. The molecule has 0 saturated heterocycles. The fourth-order valence-corrected chi connectivity index (χ4v) is 2.64. The van der Waals surface area contributed by atoms with Gasteiger partial charge in [-0.05, 0) is 31.5 Å². The van der Waals surface area contributed by atoms with Crippen LogP contribution in [0, 0.1) is 10.1 Å². The molecule has 0 radical (unpaired) electrons. The number of benzene rings is 2. The predicted octanol–water partition coefficient (Wildman–Crippen LogP) is 4.15. The van der Waals surface area contributed by atoms with Gasteiger partial charge in [0.2, 0.25) is 0 Å². The van der Waals surface area contributed by atoms with E-state index in [2.05, 4.69) is 5.32 Å². The molecule has 0 spiro atoms. The molecule has 0 saturated carbocycles. The molecule has 2 aromatic carbocycles. The number of rotatable bonds is 7. The number of nitro groups is 1. The average Bonchev–Trinajstić information content (AvgIpc) is 2.61. The fourth-order valence-electron chi connectivity index (χ4n) is 2.44. The van der Waals surface area contributed by atoms with Crippen molar-refractivity contribution in [1.82, 2.24) is 5.32 Å². The van der Waals surface area contributed by atoms with Gasteiger partial charge in [-0.15, -0.1) is 0 Å². The van der Waals surface area contributed by atoms with Crippen LogP contribution in [0.25, 0.3) is 0 Å². The van der Waals surface area contributed by atoms with Crippen molar-refractivity contribution in [1.29, 1.82) is 0 Å². The monoisotopic (exact) mass is 378 g/mol. The number of methoxy groups -OCH3 is 1. The zero-order valence-corrected chi connectivity index (χ0v) is 15.4. The topological polar surface area (TPSA) is 90.7 Å². The molecule has 0 aliphatic rings. The van der Waals surface area contributed by atoms with Crippen LogP contribution in [0.3, 0.4) is 0 Å². The van der Waals surface area contributed by atoms with E-state index in [1.54, 1.807) is 32.0 Å². The van der Waals surface area contributed by atoms with E-state index < -0.39 is 16.9 Å². The number of nitrogens with zero attached hydrogens (tertiary/aromatic N) is 1. The zero-order valence-electron chi connectivity index (χ0n) is 14.6. The Morgan fingerprint density at radius 3 is 2.62 bits per heavy atom. The highest BCUT2D eigenvalue weighted by Gasteiger charge is 2.25. The molecular formula is C18H19ClN2O5. The maximum atomic E-state index is 12.6. The number of amides is 1. The van der Waals surface area contributed by atoms with Crippen molar-refractivity contribution < 1.29 is 19.2 Å². The van der Waals surface area contributed by atoms with E-state index in [-0.39, 0.29) is 22.7 Å². The van der Waals surface area contributed by atoms with Crippen molar-refractivity contribution in [3.63, 3.8) is 0 Å². The Labute approximate surface area is 156 Å². The Hall–Kier alpha value is -2.80. The first-order chi connectivity index (χ1) is 12.4. The second-order valence-corrected chi connectivity index (χ2v) is 5.90. The van der Waals surface area contributed by atoms with E-state index in [1.807, 2.05) is 6.07 Å². The maximum absolute atomic E-state index is 12.6. The highest BCUT2D eigenvalue weighted by molar-refractivity contribution is 6.30. The van der Waals surface area contributed by atoms with E-state index in [0.717, 1.165) is 5.56 Å². The molecule has 0 aliphatic heterocycles. The second kappa shape index (κ2) is 8.53. The molecule has 0 fully saturated rings. The third-order valence-electron chi connectivity index (χ3n) is 3.72. The first-order valence-corrected chi connectivity index (χ1v) is 8.30. The molecule has 2 aromatic rings. The van der Waals surface area contributed by atoms with Gasteiger partial charge in [0.1, 0.15) is 5.56 Å². The van der Waals surface area contributed by atoms with Crippen LogP contribution in [-0.4, -0.2) is 24.5 Å². The Morgan fingerprint density at radius 2 is 2.04 bits per heavy atom. The first kappa shape index (κ1) is 19.5. The van der Waals surface area contributed by atoms with Crippen molar-refractivity contribution in [2.24, 2.45) is 0 Å². The SMILES string of the molecule is CCOc1cc(C(=O)NC(C)c2cccc(Cl)c2)c([N+](=O)[O-])cc1OC. The van der Waals surface area contributed by atoms with Crippen LogP contribution < -0.4 is 14.8 Å². The van der Waals surface area contributed by atoms with Crippen LogP contribution in [-0.2, 0) is 0 Å². The summed E-state index contributed by atoms with van der Waals surface area (Å²) in [6.45, 7) is 3.86. The van der Waals surface area contributed by atoms with Gasteiger partial charge in [0.25, 0.3) is 11.6 Å². The maximum Gasteiger partial charge on any atom is 0.286 e. The van der Waals surface area contributed by atoms with Gasteiger partial charge < -0.3 is 14.8 Å². The molecule has 0 heterocycles. The van der Waals surface area contributed by atoms with Gasteiger partial charge in [0.15, 0.2) is 11.5 Å². The average molecular weight is 379 g/mol. The van der Waals surface area contributed by atoms with Gasteiger partial charge in [-0.3, -0.25) is 14.9 Å². The minimum absolute atomic E-state index is 0.104. The van der Waals surface area contributed by atoms with Gasteiger partial charge in [-0.1, -0.05) is 23.7 Å². The Morgan fingerprint density at radius 1 is 1.31 bits per heavy atom. The van der Waals surface area contributed by atoms with E-state index in [9.17, 15) is 14.9 Å². The summed E-state index contributed by atoms with van der Waals surface area (Å²) < 4.78 is 10.5. The van der Waals surface area contributed by atoms with Crippen LogP contribution in [0.15, 0.2) is 36.4 Å². The molecule has 26 heavy (non-hydrogen) atoms. The lowest BCUT2D eigenvalue weighted by molar-refractivity contribution is -0.385. The summed E-state index contributed by atoms with van der Waals surface area (Å²) in [5, 5.41) is 14.7. The molecule has 1 atom stereocenters. The number of ether oxygens (including phenoxy) is 2. The number of halogens is 1. The number of carbonyl (C=O) groups is 1. The molecule has 2 rings (SSSR count). The summed E-state index contributed by atoms with van der Waals surface area (Å²) in [7, 11) is 1.38. The van der Waals surface area contributed by atoms with Crippen molar-refractivity contribution >= 4 is 23.2 Å². The Balaban J connectivity index is 2.37. The smallest absolute Gasteiger partial charge is 0.286 e. The lowest BCUT2D eigenvalue weighted by Gasteiger charge is -2.16. The highest BCUT2D eigenvalue weighted by Crippen LogP contribution is 2.35. The van der Waals surface area contributed by atoms with Crippen LogP contribution in [0.5, 0.6) is 11.5 Å². The Kier molecular flexibility index (Phi) is 6.41. The summed E-state index contributed by atoms with van der Waals surface area (Å²) in [4.78, 5) is 23.4. The lowest BCUT2D eigenvalue weighted by Crippen LogP contribution is -2.27. The minimum Gasteiger partial charge on any atom is -0.493 e. The molecule has 138 valence electrons. The number of nitrogens with one attached hydrogen (secondary N) is 1. The summed E-state index contributed by atoms with van der Waals surface area (Å²) in [6.07, 6.45) is 0. The molecule has 8 heteroatoms. The zero-order chi connectivity index (χ0) is 19.3. The molecule has 0 aromatic heterocycles. The van der Waals surface area contributed by atoms with Crippen LogP contribution in [0.4, 0.5) is 5.69 Å². The van der Waals surface area contributed by atoms with Gasteiger partial charge in [-0.2, -0.15) is 0 Å².